The lowest BCUT2D eigenvalue weighted by Crippen LogP contribution is -2.39. The minimum Gasteiger partial charge on any atom is -0.497 e. The van der Waals surface area contributed by atoms with Gasteiger partial charge >= 0.3 is 0 Å². The molecule has 0 radical (unpaired) electrons. The fourth-order valence-electron chi connectivity index (χ4n) is 2.65. The molecule has 0 amide bonds. The number of nitrogens with one attached hydrogen (secondary N) is 2. The summed E-state index contributed by atoms with van der Waals surface area (Å²) >= 11 is 0. The summed E-state index contributed by atoms with van der Waals surface area (Å²) < 4.78 is 12.9. The van der Waals surface area contributed by atoms with Gasteiger partial charge in [0.15, 0.2) is 5.96 Å². The molecule has 1 aromatic carbocycles. The first-order chi connectivity index (χ1) is 13.8. The van der Waals surface area contributed by atoms with Gasteiger partial charge in [0.1, 0.15) is 17.9 Å². The largest absolute Gasteiger partial charge is 0.497 e. The first kappa shape index (κ1) is 25.2. The molecule has 1 heterocycles. The molecule has 29 heavy (non-hydrogen) atoms. The van der Waals surface area contributed by atoms with E-state index in [-0.39, 0.29) is 24.0 Å². The van der Waals surface area contributed by atoms with Crippen molar-refractivity contribution in [2.45, 2.75) is 39.8 Å². The van der Waals surface area contributed by atoms with E-state index in [4.69, 9.17) is 9.47 Å². The minimum absolute atomic E-state index is 0. The highest BCUT2D eigenvalue weighted by atomic mass is 127. The first-order valence-corrected chi connectivity index (χ1v) is 9.86. The second-order valence-electron chi connectivity index (χ2n) is 6.24. The van der Waals surface area contributed by atoms with Crippen molar-refractivity contribution in [1.29, 1.82) is 0 Å². The van der Waals surface area contributed by atoms with Gasteiger partial charge in [-0.25, -0.2) is 0 Å². The second kappa shape index (κ2) is 15.0. The van der Waals surface area contributed by atoms with E-state index < -0.39 is 0 Å². The lowest BCUT2D eigenvalue weighted by molar-refractivity contribution is 0.120. The minimum atomic E-state index is 0. The van der Waals surface area contributed by atoms with Crippen LogP contribution in [-0.2, 0) is 24.3 Å². The molecule has 0 bridgehead atoms. The third kappa shape index (κ3) is 9.44. The first-order valence-electron chi connectivity index (χ1n) is 9.86. The van der Waals surface area contributed by atoms with Crippen molar-refractivity contribution in [2.24, 2.45) is 4.99 Å². The molecule has 0 aliphatic rings. The van der Waals surface area contributed by atoms with E-state index in [1.165, 1.54) is 0 Å². The van der Waals surface area contributed by atoms with Gasteiger partial charge in [0, 0.05) is 39.2 Å². The van der Waals surface area contributed by atoms with E-state index in [1.54, 1.807) is 13.4 Å². The van der Waals surface area contributed by atoms with Crippen molar-refractivity contribution >= 4 is 29.9 Å². The predicted molar refractivity (Wildman–Crippen MR) is 126 cm³/mol. The molecule has 0 unspecified atom stereocenters. The van der Waals surface area contributed by atoms with Gasteiger partial charge in [-0.3, -0.25) is 4.99 Å². The molecule has 9 heteroatoms. The van der Waals surface area contributed by atoms with E-state index in [9.17, 15) is 0 Å². The topological polar surface area (TPSA) is 85.6 Å². The van der Waals surface area contributed by atoms with Gasteiger partial charge in [-0.2, -0.15) is 0 Å². The maximum absolute atomic E-state index is 5.72. The maximum Gasteiger partial charge on any atom is 0.191 e. The summed E-state index contributed by atoms with van der Waals surface area (Å²) in [5.74, 6) is 2.68. The zero-order chi connectivity index (χ0) is 20.0. The highest BCUT2D eigenvalue weighted by Crippen LogP contribution is 2.11. The molecule has 0 saturated carbocycles. The van der Waals surface area contributed by atoms with Gasteiger partial charge in [-0.05, 0) is 31.0 Å². The zero-order valence-electron chi connectivity index (χ0n) is 17.6. The number of rotatable bonds is 12. The highest BCUT2D eigenvalue weighted by Gasteiger charge is 2.02. The molecule has 2 rings (SSSR count). The Labute approximate surface area is 190 Å². The summed E-state index contributed by atoms with van der Waals surface area (Å²) in [5.41, 5.74) is 1.14. The van der Waals surface area contributed by atoms with Crippen LogP contribution < -0.4 is 15.4 Å². The Kier molecular flexibility index (Phi) is 13.0. The van der Waals surface area contributed by atoms with Gasteiger partial charge in [0.05, 0.1) is 13.7 Å². The molecule has 0 saturated heterocycles. The number of ether oxygens (including phenoxy) is 2. The number of aliphatic imine (C=N–C) groups is 1. The Morgan fingerprint density at radius 2 is 1.97 bits per heavy atom. The average molecular weight is 516 g/mol. The number of benzene rings is 1. The van der Waals surface area contributed by atoms with Crippen LogP contribution in [0.15, 0.2) is 35.6 Å². The van der Waals surface area contributed by atoms with Crippen LogP contribution >= 0.6 is 24.0 Å². The molecule has 0 aliphatic heterocycles. The monoisotopic (exact) mass is 516 g/mol. The van der Waals surface area contributed by atoms with E-state index in [0.29, 0.717) is 19.8 Å². The van der Waals surface area contributed by atoms with Crippen molar-refractivity contribution in [3.05, 3.63) is 42.0 Å². The fourth-order valence-corrected chi connectivity index (χ4v) is 2.65. The van der Waals surface area contributed by atoms with E-state index in [2.05, 4.69) is 44.2 Å². The second-order valence-corrected chi connectivity index (χ2v) is 6.24. The standard InChI is InChI=1S/C20H32N6O2.HI/c1-4-19-25-24-16-26(19)13-12-23-20(21-5-2)22-11-6-14-28-15-17-7-9-18(27-3)10-8-17;/h7-10,16H,4-6,11-15H2,1-3H3,(H2,21,22,23);1H. The van der Waals surface area contributed by atoms with Crippen LogP contribution in [0.1, 0.15) is 31.7 Å². The Morgan fingerprint density at radius 3 is 2.66 bits per heavy atom. The number of aryl methyl sites for hydroxylation is 1. The van der Waals surface area contributed by atoms with Crippen LogP contribution in [0.25, 0.3) is 0 Å². The molecule has 0 fully saturated rings. The molecule has 0 aliphatic carbocycles. The number of guanidine groups is 1. The van der Waals surface area contributed by atoms with Crippen LogP contribution in [0.5, 0.6) is 5.75 Å². The summed E-state index contributed by atoms with van der Waals surface area (Å²) in [6, 6.07) is 7.93. The lowest BCUT2D eigenvalue weighted by Gasteiger charge is -2.12. The number of methoxy groups -OCH3 is 1. The Bertz CT molecular complexity index is 705. The molecule has 1 aromatic heterocycles. The molecular formula is C20H33IN6O2. The van der Waals surface area contributed by atoms with Crippen LogP contribution in [0, 0.1) is 0 Å². The molecule has 162 valence electrons. The Hall–Kier alpha value is -1.88. The maximum atomic E-state index is 5.72. The third-order valence-electron chi connectivity index (χ3n) is 4.15. The number of hydrogen-bond donors (Lipinski definition) is 2. The normalized spacial score (nSPS) is 11.1. The molecule has 8 nitrogen and oxygen atoms in total. The third-order valence-corrected chi connectivity index (χ3v) is 4.15. The summed E-state index contributed by atoms with van der Waals surface area (Å²) in [6.45, 7) is 8.54. The van der Waals surface area contributed by atoms with Crippen LogP contribution in [0.4, 0.5) is 0 Å². The van der Waals surface area contributed by atoms with E-state index >= 15 is 0 Å². The van der Waals surface area contributed by atoms with Crippen molar-refractivity contribution < 1.29 is 9.47 Å². The quantitative estimate of drug-likeness (QED) is 0.195. The number of nitrogens with zero attached hydrogens (tertiary/aromatic N) is 4. The van der Waals surface area contributed by atoms with Gasteiger partial charge in [-0.1, -0.05) is 19.1 Å². The van der Waals surface area contributed by atoms with Crippen molar-refractivity contribution in [2.75, 3.05) is 33.4 Å². The van der Waals surface area contributed by atoms with Crippen LogP contribution in [0.2, 0.25) is 0 Å². The van der Waals surface area contributed by atoms with Gasteiger partial charge in [-0.15, -0.1) is 34.2 Å². The van der Waals surface area contributed by atoms with E-state index in [1.807, 2.05) is 24.3 Å². The number of hydrogen-bond acceptors (Lipinski definition) is 5. The van der Waals surface area contributed by atoms with E-state index in [0.717, 1.165) is 55.6 Å². The summed E-state index contributed by atoms with van der Waals surface area (Å²) in [5, 5.41) is 14.7. The molecule has 2 aromatic rings. The molecular weight excluding hydrogens is 483 g/mol. The lowest BCUT2D eigenvalue weighted by atomic mass is 10.2. The number of halogens is 1. The average Bonchev–Trinajstić information content (AvgIpc) is 3.18. The summed E-state index contributed by atoms with van der Waals surface area (Å²) in [7, 11) is 1.67. The SMILES string of the molecule is CCNC(=NCCCOCc1ccc(OC)cc1)NCCn1cnnc1CC.I. The fraction of sp³-hybridized carbons (Fsp3) is 0.550. The Morgan fingerprint density at radius 1 is 1.17 bits per heavy atom. The summed E-state index contributed by atoms with van der Waals surface area (Å²) in [4.78, 5) is 4.60. The van der Waals surface area contributed by atoms with Gasteiger partial charge < -0.3 is 24.7 Å². The smallest absolute Gasteiger partial charge is 0.191 e. The predicted octanol–water partition coefficient (Wildman–Crippen LogP) is 2.63. The van der Waals surface area contributed by atoms with Crippen molar-refractivity contribution in [3.63, 3.8) is 0 Å². The Balaban J connectivity index is 0.00000420. The van der Waals surface area contributed by atoms with Gasteiger partial charge in [0.2, 0.25) is 0 Å². The van der Waals surface area contributed by atoms with Crippen molar-refractivity contribution in [3.8, 4) is 5.75 Å². The van der Waals surface area contributed by atoms with Crippen molar-refractivity contribution in [1.82, 2.24) is 25.4 Å². The molecule has 2 N–H and O–H groups in total. The summed E-state index contributed by atoms with van der Waals surface area (Å²) in [6.07, 6.45) is 3.52. The number of aromatic nitrogens is 3. The zero-order valence-corrected chi connectivity index (χ0v) is 19.9. The molecule has 0 spiro atoms. The van der Waals surface area contributed by atoms with Crippen LogP contribution in [-0.4, -0.2) is 54.1 Å². The molecule has 0 atom stereocenters. The van der Waals surface area contributed by atoms with Crippen LogP contribution in [0.3, 0.4) is 0 Å². The highest BCUT2D eigenvalue weighted by molar-refractivity contribution is 14.0. The van der Waals surface area contributed by atoms with Gasteiger partial charge in [0.25, 0.3) is 0 Å².